The van der Waals surface area contributed by atoms with Crippen LogP contribution in [0.2, 0.25) is 0 Å². The van der Waals surface area contributed by atoms with Gasteiger partial charge in [-0.15, -0.1) is 0 Å². The summed E-state index contributed by atoms with van der Waals surface area (Å²) in [5.41, 5.74) is 1.71. The van der Waals surface area contributed by atoms with Gasteiger partial charge < -0.3 is 9.47 Å². The van der Waals surface area contributed by atoms with Crippen molar-refractivity contribution in [3.8, 4) is 11.5 Å². The van der Waals surface area contributed by atoms with Crippen molar-refractivity contribution in [1.29, 1.82) is 0 Å². The van der Waals surface area contributed by atoms with Gasteiger partial charge in [0.25, 0.3) is 0 Å². The first kappa shape index (κ1) is 16.7. The van der Waals surface area contributed by atoms with Crippen LogP contribution < -0.4 is 9.47 Å². The van der Waals surface area contributed by atoms with E-state index in [0.717, 1.165) is 12.0 Å². The average Bonchev–Trinajstić information content (AvgIpc) is 2.82. The molecule has 0 bridgehead atoms. The molecule has 0 aromatic heterocycles. The van der Waals surface area contributed by atoms with Gasteiger partial charge >= 0.3 is 0 Å². The highest BCUT2D eigenvalue weighted by atomic mass is 19.1. The third kappa shape index (κ3) is 3.37. The Morgan fingerprint density at radius 1 is 1.17 bits per heavy atom. The van der Waals surface area contributed by atoms with E-state index in [9.17, 15) is 8.78 Å². The molecule has 1 aliphatic rings. The summed E-state index contributed by atoms with van der Waals surface area (Å²) in [5, 5.41) is 0. The molecule has 0 atom stereocenters. The monoisotopic (exact) mass is 332 g/mol. The van der Waals surface area contributed by atoms with E-state index in [1.165, 1.54) is 12.1 Å². The average molecular weight is 332 g/mol. The number of ether oxygens (including phenoxy) is 2. The number of fused-ring (bicyclic) bond motifs is 1. The van der Waals surface area contributed by atoms with Crippen LogP contribution in [0.25, 0.3) is 0 Å². The number of rotatable bonds is 5. The molecule has 0 fully saturated rings. The summed E-state index contributed by atoms with van der Waals surface area (Å²) in [6, 6.07) is 8.03. The molecule has 2 aromatic rings. The van der Waals surface area contributed by atoms with Crippen molar-refractivity contribution < 1.29 is 18.3 Å². The zero-order valence-electron chi connectivity index (χ0n) is 14.3. The van der Waals surface area contributed by atoms with E-state index in [-0.39, 0.29) is 29.6 Å². The van der Waals surface area contributed by atoms with Gasteiger partial charge in [-0.05, 0) is 44.0 Å². The SMILES string of the molecule is CCCc1cccc(OCc2cc(F)cc3c2OC(C)(C)C3)c1F. The summed E-state index contributed by atoms with van der Waals surface area (Å²) >= 11 is 0. The molecule has 0 aliphatic carbocycles. The number of hydrogen-bond donors (Lipinski definition) is 0. The van der Waals surface area contributed by atoms with Crippen molar-refractivity contribution in [2.24, 2.45) is 0 Å². The predicted octanol–water partition coefficient (Wildman–Crippen LogP) is 5.21. The van der Waals surface area contributed by atoms with Gasteiger partial charge in [0, 0.05) is 17.5 Å². The lowest BCUT2D eigenvalue weighted by molar-refractivity contribution is 0.135. The lowest BCUT2D eigenvalue weighted by atomic mass is 10.0. The van der Waals surface area contributed by atoms with Crippen LogP contribution >= 0.6 is 0 Å². The quantitative estimate of drug-likeness (QED) is 0.748. The molecule has 0 saturated carbocycles. The highest BCUT2D eigenvalue weighted by molar-refractivity contribution is 5.46. The van der Waals surface area contributed by atoms with Gasteiger partial charge in [0.1, 0.15) is 23.8 Å². The van der Waals surface area contributed by atoms with Crippen molar-refractivity contribution in [2.75, 3.05) is 0 Å². The van der Waals surface area contributed by atoms with Crippen LogP contribution in [-0.2, 0) is 19.4 Å². The molecule has 24 heavy (non-hydrogen) atoms. The molecule has 1 heterocycles. The third-order valence-electron chi connectivity index (χ3n) is 4.15. The second-order valence-corrected chi connectivity index (χ2v) is 6.86. The summed E-state index contributed by atoms with van der Waals surface area (Å²) in [6.07, 6.45) is 2.17. The Morgan fingerprint density at radius 2 is 1.96 bits per heavy atom. The zero-order chi connectivity index (χ0) is 17.3. The van der Waals surface area contributed by atoms with Crippen LogP contribution in [-0.4, -0.2) is 5.60 Å². The minimum absolute atomic E-state index is 0.0721. The number of aryl methyl sites for hydroxylation is 1. The van der Waals surface area contributed by atoms with Crippen LogP contribution in [0.3, 0.4) is 0 Å². The molecule has 0 spiro atoms. The maximum atomic E-state index is 14.4. The highest BCUT2D eigenvalue weighted by Crippen LogP contribution is 2.38. The third-order valence-corrected chi connectivity index (χ3v) is 4.15. The molecule has 1 aliphatic heterocycles. The predicted molar refractivity (Wildman–Crippen MR) is 89.5 cm³/mol. The Morgan fingerprint density at radius 3 is 2.71 bits per heavy atom. The fourth-order valence-electron chi connectivity index (χ4n) is 3.14. The molecule has 0 saturated heterocycles. The fraction of sp³-hybridized carbons (Fsp3) is 0.400. The van der Waals surface area contributed by atoms with E-state index in [0.29, 0.717) is 29.7 Å². The van der Waals surface area contributed by atoms with Crippen LogP contribution in [0.15, 0.2) is 30.3 Å². The van der Waals surface area contributed by atoms with Crippen LogP contribution in [0.1, 0.15) is 43.9 Å². The van der Waals surface area contributed by atoms with E-state index in [4.69, 9.17) is 9.47 Å². The number of benzene rings is 2. The van der Waals surface area contributed by atoms with Gasteiger partial charge in [0.15, 0.2) is 11.6 Å². The Kier molecular flexibility index (Phi) is 4.48. The maximum Gasteiger partial charge on any atom is 0.168 e. The fourth-order valence-corrected chi connectivity index (χ4v) is 3.14. The molecule has 0 radical (unpaired) electrons. The smallest absolute Gasteiger partial charge is 0.168 e. The van der Waals surface area contributed by atoms with E-state index in [1.807, 2.05) is 20.8 Å². The normalized spacial score (nSPS) is 15.0. The number of halogens is 2. The van der Waals surface area contributed by atoms with Gasteiger partial charge in [0.2, 0.25) is 0 Å². The summed E-state index contributed by atoms with van der Waals surface area (Å²) in [6.45, 7) is 6.00. The first-order chi connectivity index (χ1) is 11.4. The minimum atomic E-state index is -0.364. The molecule has 0 N–H and O–H groups in total. The maximum absolute atomic E-state index is 14.4. The summed E-state index contributed by atoms with van der Waals surface area (Å²) in [7, 11) is 0. The van der Waals surface area contributed by atoms with Gasteiger partial charge in [-0.1, -0.05) is 25.5 Å². The van der Waals surface area contributed by atoms with Crippen molar-refractivity contribution in [1.82, 2.24) is 0 Å². The molecular formula is C20H22F2O2. The van der Waals surface area contributed by atoms with E-state index in [1.54, 1.807) is 18.2 Å². The molecule has 2 nitrogen and oxygen atoms in total. The molecular weight excluding hydrogens is 310 g/mol. The topological polar surface area (TPSA) is 18.5 Å². The summed E-state index contributed by atoms with van der Waals surface area (Å²) in [5.74, 6) is 0.185. The van der Waals surface area contributed by atoms with Gasteiger partial charge in [-0.2, -0.15) is 0 Å². The summed E-state index contributed by atoms with van der Waals surface area (Å²) < 4.78 is 39.8. The van der Waals surface area contributed by atoms with Crippen molar-refractivity contribution in [3.63, 3.8) is 0 Å². The van der Waals surface area contributed by atoms with Crippen molar-refractivity contribution in [2.45, 2.75) is 52.2 Å². The summed E-state index contributed by atoms with van der Waals surface area (Å²) in [4.78, 5) is 0. The van der Waals surface area contributed by atoms with E-state index in [2.05, 4.69) is 0 Å². The Balaban J connectivity index is 1.83. The largest absolute Gasteiger partial charge is 0.487 e. The molecule has 4 heteroatoms. The van der Waals surface area contributed by atoms with E-state index >= 15 is 0 Å². The van der Waals surface area contributed by atoms with Gasteiger partial charge in [-0.3, -0.25) is 0 Å². The lowest BCUT2D eigenvalue weighted by Gasteiger charge is -2.18. The first-order valence-electron chi connectivity index (χ1n) is 8.30. The second kappa shape index (κ2) is 6.42. The van der Waals surface area contributed by atoms with E-state index < -0.39 is 0 Å². The molecule has 2 aromatic carbocycles. The Hall–Kier alpha value is -2.10. The minimum Gasteiger partial charge on any atom is -0.487 e. The first-order valence-corrected chi connectivity index (χ1v) is 8.30. The molecule has 128 valence electrons. The van der Waals surface area contributed by atoms with Crippen molar-refractivity contribution in [3.05, 3.63) is 58.7 Å². The second-order valence-electron chi connectivity index (χ2n) is 6.86. The Bertz CT molecular complexity index is 754. The van der Waals surface area contributed by atoms with Gasteiger partial charge in [-0.25, -0.2) is 8.78 Å². The van der Waals surface area contributed by atoms with Gasteiger partial charge in [0.05, 0.1) is 0 Å². The van der Waals surface area contributed by atoms with Crippen LogP contribution in [0.4, 0.5) is 8.78 Å². The lowest BCUT2D eigenvalue weighted by Crippen LogP contribution is -2.25. The highest BCUT2D eigenvalue weighted by Gasteiger charge is 2.32. The Labute approximate surface area is 141 Å². The molecule has 3 rings (SSSR count). The van der Waals surface area contributed by atoms with Crippen molar-refractivity contribution >= 4 is 0 Å². The zero-order valence-corrected chi connectivity index (χ0v) is 14.3. The number of hydrogen-bond acceptors (Lipinski definition) is 2. The molecule has 0 unspecified atom stereocenters. The molecule has 0 amide bonds. The standard InChI is InChI=1S/C20H22F2O2/c1-4-6-13-7-5-8-17(18(13)22)23-12-15-10-16(21)9-14-11-20(2,3)24-19(14)15/h5,7-10H,4,6,11-12H2,1-3H3. The van der Waals surface area contributed by atoms with Crippen LogP contribution in [0, 0.1) is 11.6 Å². The van der Waals surface area contributed by atoms with Crippen LogP contribution in [0.5, 0.6) is 11.5 Å².